The topological polar surface area (TPSA) is 157 Å². The average molecular weight is 244 g/mol. The van der Waals surface area contributed by atoms with Crippen molar-refractivity contribution >= 4 is 0 Å². The van der Waals surface area contributed by atoms with Crippen LogP contribution in [0.3, 0.4) is 0 Å². The molecular weight excluding hydrogens is 208 g/mol. The van der Waals surface area contributed by atoms with E-state index in [2.05, 4.69) is 34.2 Å². The first-order chi connectivity index (χ1) is 7.56. The molecule has 0 rings (SSSR count). The van der Waals surface area contributed by atoms with Crippen LogP contribution in [0.25, 0.3) is 0 Å². The Hall–Kier alpha value is -0.320. The van der Waals surface area contributed by atoms with E-state index in [0.717, 1.165) is 0 Å². The number of nitrogens with zero attached hydrogens (tertiary/aromatic N) is 1. The second-order valence-electron chi connectivity index (χ2n) is 1.54. The molecule has 0 fully saturated rings. The maximum atomic E-state index is 4.94. The summed E-state index contributed by atoms with van der Waals surface area (Å²) in [6, 6.07) is 0. The highest BCUT2D eigenvalue weighted by atomic mass is 15.4. The molecule has 0 unspecified atom stereocenters. The van der Waals surface area contributed by atoms with Crippen LogP contribution in [0, 0.1) is 0 Å². The normalized spacial score (nSPS) is 5.62. The Balaban J connectivity index is -0.0000000193. The van der Waals surface area contributed by atoms with Gasteiger partial charge in [-0.05, 0) is 14.1 Å². The van der Waals surface area contributed by atoms with E-state index in [-0.39, 0.29) is 0 Å². The van der Waals surface area contributed by atoms with Gasteiger partial charge in [-0.3, -0.25) is 45.1 Å². The van der Waals surface area contributed by atoms with E-state index in [1.54, 1.807) is 28.2 Å². The predicted octanol–water partition coefficient (Wildman–Crippen LogP) is -1.55. The summed E-state index contributed by atoms with van der Waals surface area (Å²) in [4.78, 5) is 0. The highest BCUT2D eigenvalue weighted by Gasteiger charge is 1.57. The summed E-state index contributed by atoms with van der Waals surface area (Å²) in [5.41, 5.74) is 4.50. The van der Waals surface area contributed by atoms with Crippen LogP contribution in [-0.2, 0) is 0 Å². The Morgan fingerprint density at radius 1 is 0.750 bits per heavy atom. The Labute approximate surface area is 102 Å². The first-order valence-corrected chi connectivity index (χ1v) is 5.06. The summed E-state index contributed by atoms with van der Waals surface area (Å²) in [5.74, 6) is 22.1. The van der Waals surface area contributed by atoms with Crippen molar-refractivity contribution in [1.29, 1.82) is 0 Å². The van der Waals surface area contributed by atoms with E-state index in [0.29, 0.717) is 0 Å². The number of rotatable bonds is 0. The van der Waals surface area contributed by atoms with Crippen LogP contribution in [0.5, 0.6) is 0 Å². The molecule has 0 aliphatic rings. The Kier molecular flexibility index (Phi) is 283. The van der Waals surface area contributed by atoms with Crippen molar-refractivity contribution < 1.29 is 0 Å². The van der Waals surface area contributed by atoms with Gasteiger partial charge in [0.1, 0.15) is 0 Å². The van der Waals surface area contributed by atoms with Gasteiger partial charge in [-0.25, -0.2) is 0 Å². The molecule has 0 radical (unpaired) electrons. The lowest BCUT2D eigenvalue weighted by Crippen LogP contribution is -2.18. The van der Waals surface area contributed by atoms with Gasteiger partial charge >= 0.3 is 0 Å². The van der Waals surface area contributed by atoms with E-state index < -0.39 is 0 Å². The summed E-state index contributed by atoms with van der Waals surface area (Å²) in [7, 11) is 6.86. The van der Waals surface area contributed by atoms with Gasteiger partial charge in [-0.1, -0.05) is 27.7 Å². The zero-order valence-corrected chi connectivity index (χ0v) is 12.3. The fraction of sp³-hybridized carbons (Fsp3) is 1.00. The molecule has 8 nitrogen and oxygen atoms in total. The summed E-state index contributed by atoms with van der Waals surface area (Å²) < 4.78 is 0. The molecule has 0 aliphatic carbocycles. The summed E-state index contributed by atoms with van der Waals surface area (Å²) in [5, 5.41) is 1.50. The van der Waals surface area contributed by atoms with Gasteiger partial charge in [0, 0.05) is 14.1 Å². The number of hydrogen-bond acceptors (Lipinski definition) is 8. The molecule has 0 aromatic carbocycles. The van der Waals surface area contributed by atoms with Gasteiger partial charge in [0.05, 0.1) is 0 Å². The molecule has 0 aliphatic heterocycles. The average Bonchev–Trinajstić information content (AvgIpc) is 2.27. The second-order valence-corrected chi connectivity index (χ2v) is 1.54. The van der Waals surface area contributed by atoms with Crippen LogP contribution in [0.4, 0.5) is 0 Å². The summed E-state index contributed by atoms with van der Waals surface area (Å²) >= 11 is 0. The largest absolute Gasteiger partial charge is 0.274 e. The molecule has 0 heterocycles. The minimum Gasteiger partial charge on any atom is -0.274 e. The molecule has 0 amide bonds. The minimum atomic E-state index is 1.50. The van der Waals surface area contributed by atoms with Gasteiger partial charge in [0.25, 0.3) is 0 Å². The molecule has 0 atom stereocenters. The molecule has 12 N–H and O–H groups in total. The molecule has 0 saturated carbocycles. The van der Waals surface area contributed by atoms with E-state index in [1.165, 1.54) is 5.01 Å². The van der Waals surface area contributed by atoms with Crippen LogP contribution in [-0.4, -0.2) is 33.2 Å². The molecule has 0 aromatic heterocycles. The lowest BCUT2D eigenvalue weighted by Gasteiger charge is -1.91. The van der Waals surface area contributed by atoms with E-state index in [1.807, 2.05) is 27.7 Å². The highest BCUT2D eigenvalue weighted by Crippen LogP contribution is 1.37. The third-order valence-corrected chi connectivity index (χ3v) is 0. The number of nitrogens with two attached hydrogens (primary N) is 5. The van der Waals surface area contributed by atoms with Crippen molar-refractivity contribution in [1.82, 2.24) is 15.9 Å². The van der Waals surface area contributed by atoms with E-state index >= 15 is 0 Å². The number of hydrogen-bond donors (Lipinski definition) is 7. The maximum absolute atomic E-state index is 4.94. The monoisotopic (exact) mass is 244 g/mol. The first-order valence-electron chi connectivity index (χ1n) is 5.06. The zero-order valence-electron chi connectivity index (χ0n) is 12.3. The highest BCUT2D eigenvalue weighted by molar-refractivity contribution is 4.01. The second kappa shape index (κ2) is 125. The third kappa shape index (κ3) is 21500. The lowest BCUT2D eigenvalue weighted by atomic mass is 11.0. The third-order valence-electron chi connectivity index (χ3n) is 0. The van der Waals surface area contributed by atoms with Crippen molar-refractivity contribution in [2.24, 2.45) is 29.2 Å². The fourth-order valence-electron chi connectivity index (χ4n) is 0. The molecule has 0 aromatic rings. The quantitative estimate of drug-likeness (QED) is 0.199. The van der Waals surface area contributed by atoms with Crippen LogP contribution in [0.1, 0.15) is 27.7 Å². The van der Waals surface area contributed by atoms with Crippen molar-refractivity contribution in [3.8, 4) is 0 Å². The number of hydrazine groups is 4. The Morgan fingerprint density at radius 3 is 0.750 bits per heavy atom. The van der Waals surface area contributed by atoms with E-state index in [4.69, 9.17) is 5.84 Å². The molecule has 0 spiro atoms. The van der Waals surface area contributed by atoms with Gasteiger partial charge in [-0.15, -0.1) is 0 Å². The fourth-order valence-corrected chi connectivity index (χ4v) is 0. The van der Waals surface area contributed by atoms with Gasteiger partial charge < -0.3 is 0 Å². The summed E-state index contributed by atoms with van der Waals surface area (Å²) in [6.07, 6.45) is 0. The van der Waals surface area contributed by atoms with Gasteiger partial charge in [0.2, 0.25) is 0 Å². The van der Waals surface area contributed by atoms with Crippen molar-refractivity contribution in [2.75, 3.05) is 28.2 Å². The van der Waals surface area contributed by atoms with Crippen LogP contribution in [0.15, 0.2) is 0 Å². The maximum Gasteiger partial charge on any atom is 0.00105 e. The Morgan fingerprint density at radius 2 is 0.750 bits per heavy atom. The van der Waals surface area contributed by atoms with Gasteiger partial charge in [-0.2, -0.15) is 0 Å². The molecule has 0 bridgehead atoms. The smallest absolute Gasteiger partial charge is 0.00105 e. The molecule has 8 heteroatoms. The van der Waals surface area contributed by atoms with Crippen LogP contribution < -0.4 is 40.1 Å². The summed E-state index contributed by atoms with van der Waals surface area (Å²) in [6.45, 7) is 8.00. The Bertz CT molecular complexity index is 32.5. The SMILES string of the molecule is CC.CC.CN(C)N.CNN.CNN.NN. The number of nitrogens with one attached hydrogen (secondary N) is 2. The van der Waals surface area contributed by atoms with E-state index in [9.17, 15) is 0 Å². The van der Waals surface area contributed by atoms with Crippen LogP contribution in [0.2, 0.25) is 0 Å². The van der Waals surface area contributed by atoms with Crippen LogP contribution >= 0.6 is 0 Å². The van der Waals surface area contributed by atoms with Crippen molar-refractivity contribution in [2.45, 2.75) is 27.7 Å². The predicted molar refractivity (Wildman–Crippen MR) is 75.4 cm³/mol. The molecule has 16 heavy (non-hydrogen) atoms. The lowest BCUT2D eigenvalue weighted by molar-refractivity contribution is 0.432. The molecule has 0 saturated heterocycles. The standard InChI is InChI=1S/C2H8N2.2C2H6.2CH6N2.H4N2/c1-4(2)3;2*1-2;2*1-3-2;1-2/h3H2,1-2H3;2*1-2H3;2*3H,2H2,1H3;1-2H2. The first kappa shape index (κ1) is 36.1. The van der Waals surface area contributed by atoms with Crippen molar-refractivity contribution in [3.63, 3.8) is 0 Å². The van der Waals surface area contributed by atoms with Crippen molar-refractivity contribution in [3.05, 3.63) is 0 Å². The minimum absolute atomic E-state index is 1.50. The zero-order chi connectivity index (χ0) is 15.0. The molecule has 108 valence electrons. The van der Waals surface area contributed by atoms with Gasteiger partial charge in [0.15, 0.2) is 0 Å². The molecular formula is C8H36N8.